The fourth-order valence-electron chi connectivity index (χ4n) is 3.90. The molecule has 3 nitrogen and oxygen atoms in total. The van der Waals surface area contributed by atoms with Crippen LogP contribution in [0.2, 0.25) is 0 Å². The predicted octanol–water partition coefficient (Wildman–Crippen LogP) is 6.56. The number of fused-ring (bicyclic) bond motifs is 1. The zero-order valence-electron chi connectivity index (χ0n) is 16.6. The number of rotatable bonds is 5. The van der Waals surface area contributed by atoms with Crippen LogP contribution in [-0.4, -0.2) is 11.1 Å². The quantitative estimate of drug-likeness (QED) is 0.370. The van der Waals surface area contributed by atoms with Gasteiger partial charge in [0.05, 0.1) is 18.3 Å². The maximum atomic E-state index is 14.6. The zero-order chi connectivity index (χ0) is 21.2. The van der Waals surface area contributed by atoms with Crippen LogP contribution < -0.4 is 0 Å². The van der Waals surface area contributed by atoms with Crippen molar-refractivity contribution < 1.29 is 17.9 Å². The minimum atomic E-state index is -0.629. The van der Waals surface area contributed by atoms with Gasteiger partial charge in [0.1, 0.15) is 23.6 Å². The van der Waals surface area contributed by atoms with E-state index in [2.05, 4.69) is 29.2 Å². The van der Waals surface area contributed by atoms with Crippen LogP contribution in [0.5, 0.6) is 0 Å². The van der Waals surface area contributed by atoms with Crippen LogP contribution in [-0.2, 0) is 11.3 Å². The number of benzene rings is 3. The van der Waals surface area contributed by atoms with E-state index >= 15 is 0 Å². The van der Waals surface area contributed by atoms with Crippen molar-refractivity contribution >= 4 is 21.9 Å². The fraction of sp³-hybridized carbons (Fsp3) is 0.115. The van der Waals surface area contributed by atoms with E-state index in [-0.39, 0.29) is 11.7 Å². The lowest BCUT2D eigenvalue weighted by molar-refractivity contribution is 0.0739. The minimum Gasteiger partial charge on any atom is -0.451 e. The summed E-state index contributed by atoms with van der Waals surface area (Å²) in [4.78, 5) is 4.16. The molecule has 0 saturated carbocycles. The van der Waals surface area contributed by atoms with Crippen LogP contribution in [0.15, 0.2) is 89.9 Å². The first-order valence-electron chi connectivity index (χ1n) is 10.0. The van der Waals surface area contributed by atoms with Gasteiger partial charge in [0.15, 0.2) is 6.39 Å². The highest BCUT2D eigenvalue weighted by Crippen LogP contribution is 2.37. The molecule has 0 N–H and O–H groups in total. The number of ether oxygens (including phenoxy) is 1. The SMILES string of the molecule is Fc1cccc(F)c1C1=CC(OCc2ccc3ccccc3c2)CC=C1c1cocn1. The van der Waals surface area contributed by atoms with E-state index in [1.807, 2.05) is 24.3 Å². The maximum absolute atomic E-state index is 14.6. The summed E-state index contributed by atoms with van der Waals surface area (Å²) in [5.41, 5.74) is 2.53. The van der Waals surface area contributed by atoms with Crippen molar-refractivity contribution in [3.8, 4) is 0 Å². The third kappa shape index (κ3) is 3.92. The third-order valence-electron chi connectivity index (χ3n) is 5.42. The Morgan fingerprint density at radius 1 is 0.935 bits per heavy atom. The van der Waals surface area contributed by atoms with Crippen LogP contribution in [0.1, 0.15) is 23.2 Å². The molecule has 0 aliphatic heterocycles. The van der Waals surface area contributed by atoms with E-state index in [1.165, 1.54) is 36.2 Å². The Kier molecular flexibility index (Phi) is 5.18. The molecule has 1 unspecified atom stereocenters. The Bertz CT molecular complexity index is 1270. The molecule has 0 amide bonds. The molecule has 31 heavy (non-hydrogen) atoms. The molecular formula is C26H19F2NO2. The lowest BCUT2D eigenvalue weighted by atomic mass is 9.88. The molecule has 0 saturated heterocycles. The van der Waals surface area contributed by atoms with Gasteiger partial charge < -0.3 is 9.15 Å². The van der Waals surface area contributed by atoms with Gasteiger partial charge in [-0.25, -0.2) is 13.8 Å². The van der Waals surface area contributed by atoms with Crippen LogP contribution in [0.4, 0.5) is 8.78 Å². The summed E-state index contributed by atoms with van der Waals surface area (Å²) in [6.45, 7) is 0.395. The molecule has 1 aromatic heterocycles. The van der Waals surface area contributed by atoms with Gasteiger partial charge in [-0.2, -0.15) is 0 Å². The average Bonchev–Trinajstić information content (AvgIpc) is 3.32. The first-order chi connectivity index (χ1) is 15.2. The zero-order valence-corrected chi connectivity index (χ0v) is 16.6. The number of halogens is 2. The highest BCUT2D eigenvalue weighted by atomic mass is 19.1. The molecule has 1 aliphatic carbocycles. The van der Waals surface area contributed by atoms with Gasteiger partial charge in [-0.3, -0.25) is 0 Å². The first-order valence-corrected chi connectivity index (χ1v) is 10.0. The second kappa shape index (κ2) is 8.28. The molecule has 1 aliphatic rings. The third-order valence-corrected chi connectivity index (χ3v) is 5.42. The summed E-state index contributed by atoms with van der Waals surface area (Å²) in [5, 5.41) is 2.31. The summed E-state index contributed by atoms with van der Waals surface area (Å²) in [7, 11) is 0. The van der Waals surface area contributed by atoms with Gasteiger partial charge in [-0.15, -0.1) is 0 Å². The highest BCUT2D eigenvalue weighted by Gasteiger charge is 2.24. The van der Waals surface area contributed by atoms with Crippen molar-refractivity contribution in [1.29, 1.82) is 0 Å². The van der Waals surface area contributed by atoms with Crippen molar-refractivity contribution in [1.82, 2.24) is 4.98 Å². The van der Waals surface area contributed by atoms with E-state index in [9.17, 15) is 8.78 Å². The molecule has 5 rings (SSSR count). The topological polar surface area (TPSA) is 35.3 Å². The molecule has 154 valence electrons. The molecule has 1 heterocycles. The molecule has 0 bridgehead atoms. The van der Waals surface area contributed by atoms with Crippen molar-refractivity contribution in [3.63, 3.8) is 0 Å². The van der Waals surface area contributed by atoms with Gasteiger partial charge in [-0.05, 0) is 52.6 Å². The number of hydrogen-bond donors (Lipinski definition) is 0. The lowest BCUT2D eigenvalue weighted by Gasteiger charge is -2.22. The van der Waals surface area contributed by atoms with Gasteiger partial charge in [0.25, 0.3) is 0 Å². The van der Waals surface area contributed by atoms with E-state index in [1.54, 1.807) is 6.08 Å². The van der Waals surface area contributed by atoms with Crippen LogP contribution >= 0.6 is 0 Å². The first kappa shape index (κ1) is 19.4. The van der Waals surface area contributed by atoms with Crippen molar-refractivity contribution in [2.24, 2.45) is 0 Å². The van der Waals surface area contributed by atoms with Crippen LogP contribution in [0.25, 0.3) is 21.9 Å². The summed E-state index contributed by atoms with van der Waals surface area (Å²) in [5.74, 6) is -1.26. The summed E-state index contributed by atoms with van der Waals surface area (Å²) >= 11 is 0. The fourth-order valence-corrected chi connectivity index (χ4v) is 3.90. The Morgan fingerprint density at radius 2 is 1.74 bits per heavy atom. The standard InChI is InChI=1S/C26H19F2NO2/c27-23-6-3-7-24(28)26(23)22-13-20(10-11-21(22)25-15-30-16-29-25)31-14-17-8-9-18-4-1-2-5-19(18)12-17/h1-9,11-13,15-16,20H,10,14H2. The molecule has 0 spiro atoms. The van der Waals surface area contributed by atoms with Crippen LogP contribution in [0, 0.1) is 11.6 Å². The van der Waals surface area contributed by atoms with E-state index in [0.29, 0.717) is 29.9 Å². The molecule has 3 aromatic carbocycles. The largest absolute Gasteiger partial charge is 0.451 e. The van der Waals surface area contributed by atoms with Gasteiger partial charge in [0, 0.05) is 5.57 Å². The molecule has 1 atom stereocenters. The van der Waals surface area contributed by atoms with Crippen molar-refractivity contribution in [2.45, 2.75) is 19.1 Å². The maximum Gasteiger partial charge on any atom is 0.181 e. The number of hydrogen-bond acceptors (Lipinski definition) is 3. The molecule has 0 radical (unpaired) electrons. The van der Waals surface area contributed by atoms with E-state index in [4.69, 9.17) is 9.15 Å². The summed E-state index contributed by atoms with van der Waals surface area (Å²) < 4.78 is 40.4. The molecule has 5 heteroatoms. The monoisotopic (exact) mass is 415 g/mol. The second-order valence-electron chi connectivity index (χ2n) is 7.44. The number of oxazole rings is 1. The summed E-state index contributed by atoms with van der Waals surface area (Å²) in [6, 6.07) is 18.2. The minimum absolute atomic E-state index is 0.0873. The number of nitrogens with zero attached hydrogens (tertiary/aromatic N) is 1. The smallest absolute Gasteiger partial charge is 0.181 e. The number of aromatic nitrogens is 1. The summed E-state index contributed by atoms with van der Waals surface area (Å²) in [6.07, 6.45) is 6.67. The Hall–Kier alpha value is -3.57. The van der Waals surface area contributed by atoms with Gasteiger partial charge in [0.2, 0.25) is 0 Å². The van der Waals surface area contributed by atoms with Gasteiger partial charge >= 0.3 is 0 Å². The Balaban J connectivity index is 1.44. The molecular weight excluding hydrogens is 396 g/mol. The van der Waals surface area contributed by atoms with E-state index in [0.717, 1.165) is 10.9 Å². The normalized spacial score (nSPS) is 16.3. The van der Waals surface area contributed by atoms with Crippen molar-refractivity contribution in [2.75, 3.05) is 0 Å². The second-order valence-corrected chi connectivity index (χ2v) is 7.44. The highest BCUT2D eigenvalue weighted by molar-refractivity contribution is 6.05. The van der Waals surface area contributed by atoms with Gasteiger partial charge in [-0.1, -0.05) is 48.5 Å². The molecule has 4 aromatic rings. The van der Waals surface area contributed by atoms with Crippen molar-refractivity contribution in [3.05, 3.63) is 114 Å². The Morgan fingerprint density at radius 3 is 2.52 bits per heavy atom. The average molecular weight is 415 g/mol. The Labute approximate surface area is 178 Å². The molecule has 0 fully saturated rings. The predicted molar refractivity (Wildman–Crippen MR) is 116 cm³/mol. The lowest BCUT2D eigenvalue weighted by Crippen LogP contribution is -2.14. The van der Waals surface area contributed by atoms with E-state index < -0.39 is 11.6 Å². The van der Waals surface area contributed by atoms with Crippen LogP contribution in [0.3, 0.4) is 0 Å². The number of allylic oxidation sites excluding steroid dienone is 2.